The zero-order valence-corrected chi connectivity index (χ0v) is 7.67. The van der Waals surface area contributed by atoms with Gasteiger partial charge in [0.2, 0.25) is 0 Å². The Morgan fingerprint density at radius 2 is 2.33 bits per heavy atom. The Kier molecular flexibility index (Phi) is 6.70. The Labute approximate surface area is 72.9 Å². The summed E-state index contributed by atoms with van der Waals surface area (Å²) in [6.07, 6.45) is 1.09. The molecule has 72 valence electrons. The summed E-state index contributed by atoms with van der Waals surface area (Å²) in [7, 11) is 1.66. The van der Waals surface area contributed by atoms with Crippen molar-refractivity contribution in [1.82, 2.24) is 5.32 Å². The summed E-state index contributed by atoms with van der Waals surface area (Å²) in [6.45, 7) is 3.47. The van der Waals surface area contributed by atoms with Crippen LogP contribution in [0.15, 0.2) is 0 Å². The Hall–Kier alpha value is -0.610. The molecule has 1 unspecified atom stereocenters. The van der Waals surface area contributed by atoms with E-state index < -0.39 is 5.97 Å². The van der Waals surface area contributed by atoms with Gasteiger partial charge < -0.3 is 15.2 Å². The number of carboxylic acids is 1. The number of methoxy groups -OCH3 is 1. The van der Waals surface area contributed by atoms with E-state index in [1.807, 2.05) is 6.92 Å². The highest BCUT2D eigenvalue weighted by Crippen LogP contribution is 1.87. The quantitative estimate of drug-likeness (QED) is 0.552. The van der Waals surface area contributed by atoms with E-state index in [9.17, 15) is 4.79 Å². The van der Waals surface area contributed by atoms with E-state index in [0.29, 0.717) is 6.42 Å². The third-order valence-corrected chi connectivity index (χ3v) is 1.58. The van der Waals surface area contributed by atoms with E-state index >= 15 is 0 Å². The van der Waals surface area contributed by atoms with Gasteiger partial charge in [0, 0.05) is 20.1 Å². The SMILES string of the molecule is COC(C)CNCCCC(=O)O. The standard InChI is InChI=1S/C8H17NO3/c1-7(12-2)6-9-5-3-4-8(10)11/h7,9H,3-6H2,1-2H3,(H,10,11). The molecule has 0 amide bonds. The minimum Gasteiger partial charge on any atom is -0.481 e. The van der Waals surface area contributed by atoms with E-state index in [2.05, 4.69) is 5.32 Å². The summed E-state index contributed by atoms with van der Waals surface area (Å²) >= 11 is 0. The highest BCUT2D eigenvalue weighted by Gasteiger charge is 1.98. The molecule has 0 saturated carbocycles. The van der Waals surface area contributed by atoms with Gasteiger partial charge in [-0.3, -0.25) is 4.79 Å². The molecule has 0 aromatic carbocycles. The molecule has 0 spiro atoms. The van der Waals surface area contributed by atoms with E-state index in [1.54, 1.807) is 7.11 Å². The van der Waals surface area contributed by atoms with Crippen LogP contribution in [0.3, 0.4) is 0 Å². The van der Waals surface area contributed by atoms with E-state index in [-0.39, 0.29) is 12.5 Å². The van der Waals surface area contributed by atoms with Gasteiger partial charge in [-0.05, 0) is 19.9 Å². The minimum absolute atomic E-state index is 0.190. The molecule has 0 aliphatic heterocycles. The molecule has 0 saturated heterocycles. The molecule has 4 heteroatoms. The van der Waals surface area contributed by atoms with Crippen LogP contribution in [0.5, 0.6) is 0 Å². The van der Waals surface area contributed by atoms with Crippen LogP contribution in [0.2, 0.25) is 0 Å². The molecular weight excluding hydrogens is 158 g/mol. The molecule has 0 aromatic rings. The second-order valence-electron chi connectivity index (χ2n) is 2.75. The third kappa shape index (κ3) is 7.50. The van der Waals surface area contributed by atoms with Crippen molar-refractivity contribution in [3.05, 3.63) is 0 Å². The van der Waals surface area contributed by atoms with E-state index in [0.717, 1.165) is 13.1 Å². The average molecular weight is 175 g/mol. The first-order chi connectivity index (χ1) is 5.66. The van der Waals surface area contributed by atoms with Gasteiger partial charge in [0.25, 0.3) is 0 Å². The average Bonchev–Trinajstić information content (AvgIpc) is 2.03. The maximum absolute atomic E-state index is 10.1. The number of rotatable bonds is 7. The van der Waals surface area contributed by atoms with Crippen molar-refractivity contribution in [2.45, 2.75) is 25.9 Å². The van der Waals surface area contributed by atoms with Crippen LogP contribution in [0.25, 0.3) is 0 Å². The fourth-order valence-electron chi connectivity index (χ4n) is 0.753. The summed E-state index contributed by atoms with van der Waals surface area (Å²) < 4.78 is 5.00. The van der Waals surface area contributed by atoms with Crippen LogP contribution in [-0.2, 0) is 9.53 Å². The number of nitrogens with one attached hydrogen (secondary N) is 1. The number of aliphatic carboxylic acids is 1. The second kappa shape index (κ2) is 7.06. The lowest BCUT2D eigenvalue weighted by Crippen LogP contribution is -2.27. The molecule has 0 heterocycles. The Morgan fingerprint density at radius 3 is 2.83 bits per heavy atom. The lowest BCUT2D eigenvalue weighted by atomic mass is 10.3. The molecule has 4 nitrogen and oxygen atoms in total. The molecule has 0 rings (SSSR count). The van der Waals surface area contributed by atoms with Gasteiger partial charge in [-0.25, -0.2) is 0 Å². The van der Waals surface area contributed by atoms with Gasteiger partial charge in [-0.15, -0.1) is 0 Å². The van der Waals surface area contributed by atoms with Crippen molar-refractivity contribution in [2.24, 2.45) is 0 Å². The fourth-order valence-corrected chi connectivity index (χ4v) is 0.753. The van der Waals surface area contributed by atoms with Crippen molar-refractivity contribution < 1.29 is 14.6 Å². The molecular formula is C8H17NO3. The van der Waals surface area contributed by atoms with Crippen LogP contribution < -0.4 is 5.32 Å². The summed E-state index contributed by atoms with van der Waals surface area (Å²) in [6, 6.07) is 0. The minimum atomic E-state index is -0.739. The number of carboxylic acid groups (broad SMARTS) is 1. The monoisotopic (exact) mass is 175 g/mol. The molecule has 0 aliphatic rings. The van der Waals surface area contributed by atoms with Gasteiger partial charge in [-0.1, -0.05) is 0 Å². The molecule has 0 aromatic heterocycles. The summed E-state index contributed by atoms with van der Waals surface area (Å²) in [4.78, 5) is 10.1. The van der Waals surface area contributed by atoms with Crippen molar-refractivity contribution >= 4 is 5.97 Å². The molecule has 12 heavy (non-hydrogen) atoms. The van der Waals surface area contributed by atoms with Crippen molar-refractivity contribution in [3.63, 3.8) is 0 Å². The number of hydrogen-bond acceptors (Lipinski definition) is 3. The lowest BCUT2D eigenvalue weighted by Gasteiger charge is -2.09. The predicted octanol–water partition coefficient (Wildman–Crippen LogP) is 0.476. The summed E-state index contributed by atoms with van der Waals surface area (Å²) in [5, 5.41) is 11.4. The second-order valence-corrected chi connectivity index (χ2v) is 2.75. The summed E-state index contributed by atoms with van der Waals surface area (Å²) in [5.41, 5.74) is 0. The molecule has 1 atom stereocenters. The van der Waals surface area contributed by atoms with E-state index in [1.165, 1.54) is 0 Å². The summed E-state index contributed by atoms with van der Waals surface area (Å²) in [5.74, 6) is -0.739. The van der Waals surface area contributed by atoms with E-state index in [4.69, 9.17) is 9.84 Å². The Bertz CT molecular complexity index is 127. The Balaban J connectivity index is 3.05. The third-order valence-electron chi connectivity index (χ3n) is 1.58. The van der Waals surface area contributed by atoms with Crippen LogP contribution >= 0.6 is 0 Å². The maximum atomic E-state index is 10.1. The van der Waals surface area contributed by atoms with Gasteiger partial charge in [0.15, 0.2) is 0 Å². The smallest absolute Gasteiger partial charge is 0.303 e. The maximum Gasteiger partial charge on any atom is 0.303 e. The first-order valence-corrected chi connectivity index (χ1v) is 4.12. The largest absolute Gasteiger partial charge is 0.481 e. The van der Waals surface area contributed by atoms with Gasteiger partial charge in [0.1, 0.15) is 0 Å². The van der Waals surface area contributed by atoms with Gasteiger partial charge in [-0.2, -0.15) is 0 Å². The Morgan fingerprint density at radius 1 is 1.67 bits per heavy atom. The van der Waals surface area contributed by atoms with Crippen LogP contribution in [-0.4, -0.2) is 37.4 Å². The number of carbonyl (C=O) groups is 1. The number of ether oxygens (including phenoxy) is 1. The molecule has 2 N–H and O–H groups in total. The van der Waals surface area contributed by atoms with Crippen molar-refractivity contribution in [1.29, 1.82) is 0 Å². The highest BCUT2D eigenvalue weighted by molar-refractivity contribution is 5.66. The number of hydrogen-bond donors (Lipinski definition) is 2. The van der Waals surface area contributed by atoms with Crippen molar-refractivity contribution in [3.8, 4) is 0 Å². The topological polar surface area (TPSA) is 58.6 Å². The van der Waals surface area contributed by atoms with Crippen LogP contribution in [0.4, 0.5) is 0 Å². The first kappa shape index (κ1) is 11.4. The lowest BCUT2D eigenvalue weighted by molar-refractivity contribution is -0.137. The molecule has 0 radical (unpaired) electrons. The van der Waals surface area contributed by atoms with Crippen molar-refractivity contribution in [2.75, 3.05) is 20.2 Å². The molecule has 0 bridgehead atoms. The highest BCUT2D eigenvalue weighted by atomic mass is 16.5. The van der Waals surface area contributed by atoms with Gasteiger partial charge in [0.05, 0.1) is 6.10 Å². The zero-order chi connectivity index (χ0) is 9.40. The molecule has 0 fully saturated rings. The van der Waals surface area contributed by atoms with Crippen LogP contribution in [0.1, 0.15) is 19.8 Å². The predicted molar refractivity (Wildman–Crippen MR) is 46.2 cm³/mol. The fraction of sp³-hybridized carbons (Fsp3) is 0.875. The normalized spacial score (nSPS) is 12.8. The zero-order valence-electron chi connectivity index (χ0n) is 7.67. The van der Waals surface area contributed by atoms with Gasteiger partial charge >= 0.3 is 5.97 Å². The molecule has 0 aliphatic carbocycles. The first-order valence-electron chi connectivity index (χ1n) is 4.12. The van der Waals surface area contributed by atoms with Crippen LogP contribution in [0, 0.1) is 0 Å².